The Morgan fingerprint density at radius 2 is 2.12 bits per heavy atom. The Morgan fingerprint density at radius 1 is 1.47 bits per heavy atom. The second-order valence-electron chi connectivity index (χ2n) is 3.47. The molecule has 0 amide bonds. The van der Waals surface area contributed by atoms with Gasteiger partial charge in [0.15, 0.2) is 0 Å². The number of aromatic nitrogens is 1. The lowest BCUT2D eigenvalue weighted by Gasteiger charge is -2.08. The van der Waals surface area contributed by atoms with Gasteiger partial charge < -0.3 is 9.64 Å². The Morgan fingerprint density at radius 3 is 2.65 bits per heavy atom. The molecule has 0 aliphatic heterocycles. The van der Waals surface area contributed by atoms with Crippen molar-refractivity contribution >= 4 is 35.2 Å². The van der Waals surface area contributed by atoms with Crippen LogP contribution in [0.1, 0.15) is 15.9 Å². The fourth-order valence-electron chi connectivity index (χ4n) is 1.17. The highest BCUT2D eigenvalue weighted by Crippen LogP contribution is 2.23. The van der Waals surface area contributed by atoms with E-state index in [0.29, 0.717) is 5.56 Å². The quantitative estimate of drug-likeness (QED) is 0.628. The summed E-state index contributed by atoms with van der Waals surface area (Å²) in [4.78, 5) is 17.2. The van der Waals surface area contributed by atoms with E-state index in [-0.39, 0.29) is 15.9 Å². The van der Waals surface area contributed by atoms with Crippen molar-refractivity contribution in [2.45, 2.75) is 0 Å². The third-order valence-corrected chi connectivity index (χ3v) is 2.38. The zero-order valence-electron chi connectivity index (χ0n) is 9.70. The molecule has 0 aromatic carbocycles. The SMILES string of the molecule is COC(=O)c1c(/C=C/N(C)C)cc(Cl)nc1Cl. The van der Waals surface area contributed by atoms with Crippen LogP contribution in [-0.4, -0.2) is 37.1 Å². The van der Waals surface area contributed by atoms with Crippen molar-refractivity contribution in [3.8, 4) is 0 Å². The van der Waals surface area contributed by atoms with Crippen LogP contribution in [0.5, 0.6) is 0 Å². The van der Waals surface area contributed by atoms with Crippen molar-refractivity contribution in [3.63, 3.8) is 0 Å². The van der Waals surface area contributed by atoms with Crippen LogP contribution >= 0.6 is 23.2 Å². The first-order valence-electron chi connectivity index (χ1n) is 4.74. The number of halogens is 2. The molecule has 92 valence electrons. The summed E-state index contributed by atoms with van der Waals surface area (Å²) >= 11 is 11.7. The number of pyridine rings is 1. The molecule has 1 heterocycles. The Hall–Kier alpha value is -1.26. The van der Waals surface area contributed by atoms with E-state index >= 15 is 0 Å². The monoisotopic (exact) mass is 274 g/mol. The molecule has 17 heavy (non-hydrogen) atoms. The Labute approximate surface area is 110 Å². The molecule has 0 aliphatic rings. The van der Waals surface area contributed by atoms with E-state index in [2.05, 4.69) is 9.72 Å². The highest BCUT2D eigenvalue weighted by Gasteiger charge is 2.17. The number of hydrogen-bond donors (Lipinski definition) is 0. The van der Waals surface area contributed by atoms with Crippen molar-refractivity contribution in [1.82, 2.24) is 9.88 Å². The van der Waals surface area contributed by atoms with Gasteiger partial charge in [0.05, 0.1) is 7.11 Å². The van der Waals surface area contributed by atoms with E-state index in [4.69, 9.17) is 23.2 Å². The summed E-state index contributed by atoms with van der Waals surface area (Å²) in [5.41, 5.74) is 0.771. The number of carbonyl (C=O) groups excluding carboxylic acids is 1. The van der Waals surface area contributed by atoms with Gasteiger partial charge >= 0.3 is 5.97 Å². The average Bonchev–Trinajstić information content (AvgIpc) is 2.24. The second kappa shape index (κ2) is 5.89. The number of hydrogen-bond acceptors (Lipinski definition) is 4. The van der Waals surface area contributed by atoms with Gasteiger partial charge in [-0.25, -0.2) is 9.78 Å². The minimum absolute atomic E-state index is 0.0303. The van der Waals surface area contributed by atoms with Gasteiger partial charge in [0, 0.05) is 14.1 Å². The van der Waals surface area contributed by atoms with Crippen LogP contribution < -0.4 is 0 Å². The molecule has 1 aromatic rings. The van der Waals surface area contributed by atoms with Crippen LogP contribution in [0.25, 0.3) is 6.08 Å². The standard InChI is InChI=1S/C11H12Cl2N2O2/c1-15(2)5-4-7-6-8(12)14-10(13)9(7)11(16)17-3/h4-6H,1-3H3/b5-4+. The van der Waals surface area contributed by atoms with E-state index in [1.807, 2.05) is 19.0 Å². The zero-order chi connectivity index (χ0) is 13.0. The lowest BCUT2D eigenvalue weighted by molar-refractivity contribution is 0.0600. The normalized spacial score (nSPS) is 10.6. The van der Waals surface area contributed by atoms with Gasteiger partial charge in [-0.15, -0.1) is 0 Å². The second-order valence-corrected chi connectivity index (χ2v) is 4.22. The summed E-state index contributed by atoms with van der Waals surface area (Å²) in [7, 11) is 5.00. The summed E-state index contributed by atoms with van der Waals surface area (Å²) in [6.45, 7) is 0. The molecular weight excluding hydrogens is 263 g/mol. The Kier molecular flexibility index (Phi) is 4.78. The van der Waals surface area contributed by atoms with E-state index in [0.717, 1.165) is 0 Å². The molecule has 0 bridgehead atoms. The number of ether oxygens (including phenoxy) is 1. The van der Waals surface area contributed by atoms with Crippen molar-refractivity contribution in [2.24, 2.45) is 0 Å². The average molecular weight is 275 g/mol. The summed E-state index contributed by atoms with van der Waals surface area (Å²) in [5, 5.41) is 0.254. The van der Waals surface area contributed by atoms with E-state index < -0.39 is 5.97 Å². The third kappa shape index (κ3) is 3.61. The molecule has 0 radical (unpaired) electrons. The molecule has 0 spiro atoms. The van der Waals surface area contributed by atoms with Crippen molar-refractivity contribution in [1.29, 1.82) is 0 Å². The van der Waals surface area contributed by atoms with Crippen molar-refractivity contribution in [2.75, 3.05) is 21.2 Å². The number of esters is 1. The maximum absolute atomic E-state index is 11.6. The first-order valence-corrected chi connectivity index (χ1v) is 5.50. The smallest absolute Gasteiger partial charge is 0.341 e. The summed E-state index contributed by atoms with van der Waals surface area (Å²) < 4.78 is 4.65. The first kappa shape index (κ1) is 13.8. The van der Waals surface area contributed by atoms with Gasteiger partial charge in [0.25, 0.3) is 0 Å². The topological polar surface area (TPSA) is 42.4 Å². The van der Waals surface area contributed by atoms with E-state index in [1.54, 1.807) is 18.3 Å². The molecular formula is C11H12Cl2N2O2. The molecule has 0 N–H and O–H groups in total. The predicted octanol–water partition coefficient (Wildman–Crippen LogP) is 2.71. The fourth-order valence-corrected chi connectivity index (χ4v) is 1.69. The highest BCUT2D eigenvalue weighted by molar-refractivity contribution is 6.35. The summed E-state index contributed by atoms with van der Waals surface area (Å²) in [5.74, 6) is -0.544. The number of rotatable bonds is 3. The molecule has 0 saturated heterocycles. The van der Waals surface area contributed by atoms with E-state index in [1.165, 1.54) is 7.11 Å². The fraction of sp³-hybridized carbons (Fsp3) is 0.273. The number of carbonyl (C=O) groups is 1. The maximum atomic E-state index is 11.6. The minimum Gasteiger partial charge on any atom is -0.465 e. The maximum Gasteiger partial charge on any atom is 0.341 e. The lowest BCUT2D eigenvalue weighted by atomic mass is 10.1. The molecule has 0 aliphatic carbocycles. The van der Waals surface area contributed by atoms with Gasteiger partial charge in [-0.3, -0.25) is 0 Å². The molecule has 1 rings (SSSR count). The van der Waals surface area contributed by atoms with Crippen LogP contribution in [0.4, 0.5) is 0 Å². The van der Waals surface area contributed by atoms with Gasteiger partial charge in [-0.05, 0) is 23.9 Å². The lowest BCUT2D eigenvalue weighted by Crippen LogP contribution is -2.07. The summed E-state index contributed by atoms with van der Waals surface area (Å²) in [6.07, 6.45) is 3.49. The Balaban J connectivity index is 3.30. The third-order valence-electron chi connectivity index (χ3n) is 1.92. The van der Waals surface area contributed by atoms with E-state index in [9.17, 15) is 4.79 Å². The van der Waals surface area contributed by atoms with Crippen LogP contribution in [0.2, 0.25) is 10.3 Å². The van der Waals surface area contributed by atoms with Gasteiger partial charge in [-0.2, -0.15) is 0 Å². The predicted molar refractivity (Wildman–Crippen MR) is 68.3 cm³/mol. The molecule has 0 fully saturated rings. The molecule has 0 unspecified atom stereocenters. The molecule has 0 saturated carbocycles. The number of methoxy groups -OCH3 is 1. The van der Waals surface area contributed by atoms with Gasteiger partial charge in [0.1, 0.15) is 15.9 Å². The molecule has 1 aromatic heterocycles. The summed E-state index contributed by atoms with van der Waals surface area (Å²) in [6, 6.07) is 1.56. The molecule has 0 atom stereocenters. The van der Waals surface area contributed by atoms with Crippen molar-refractivity contribution in [3.05, 3.63) is 33.7 Å². The van der Waals surface area contributed by atoms with Crippen LogP contribution in [-0.2, 0) is 4.74 Å². The van der Waals surface area contributed by atoms with Gasteiger partial charge in [-0.1, -0.05) is 23.2 Å². The van der Waals surface area contributed by atoms with Crippen LogP contribution in [0.3, 0.4) is 0 Å². The van der Waals surface area contributed by atoms with Gasteiger partial charge in [0.2, 0.25) is 0 Å². The minimum atomic E-state index is -0.544. The largest absolute Gasteiger partial charge is 0.465 e. The molecule has 4 nitrogen and oxygen atoms in total. The number of nitrogens with zero attached hydrogens (tertiary/aromatic N) is 2. The van der Waals surface area contributed by atoms with Crippen LogP contribution in [0.15, 0.2) is 12.3 Å². The van der Waals surface area contributed by atoms with Crippen molar-refractivity contribution < 1.29 is 9.53 Å². The highest BCUT2D eigenvalue weighted by atomic mass is 35.5. The first-order chi connectivity index (χ1) is 7.95. The van der Waals surface area contributed by atoms with Crippen LogP contribution in [0, 0.1) is 0 Å². The zero-order valence-corrected chi connectivity index (χ0v) is 11.2. The molecule has 6 heteroatoms. The Bertz CT molecular complexity index is 459.